The number of amides is 3. The van der Waals surface area contributed by atoms with Crippen LogP contribution < -0.4 is 25.3 Å². The summed E-state index contributed by atoms with van der Waals surface area (Å²) >= 11 is 6.39. The van der Waals surface area contributed by atoms with Gasteiger partial charge >= 0.3 is 0 Å². The summed E-state index contributed by atoms with van der Waals surface area (Å²) < 4.78 is 0. The van der Waals surface area contributed by atoms with E-state index in [1.54, 1.807) is 0 Å². The monoisotopic (exact) mass is 804 g/mol. The van der Waals surface area contributed by atoms with Crippen molar-refractivity contribution in [2.75, 3.05) is 78.9 Å². The minimum atomic E-state index is -0.404. The van der Waals surface area contributed by atoms with Gasteiger partial charge in [-0.2, -0.15) is 5.26 Å². The van der Waals surface area contributed by atoms with Crippen LogP contribution in [0.25, 0.3) is 0 Å². The summed E-state index contributed by atoms with van der Waals surface area (Å²) in [5.74, 6) is 0.194. The molecule has 5 saturated heterocycles. The number of rotatable bonds is 7. The number of nitriles is 1. The highest BCUT2D eigenvalue weighted by molar-refractivity contribution is 6.32. The lowest BCUT2D eigenvalue weighted by Crippen LogP contribution is -2.50. The van der Waals surface area contributed by atoms with Crippen molar-refractivity contribution in [2.24, 2.45) is 11.3 Å². The fourth-order valence-corrected chi connectivity index (χ4v) is 10.4. The van der Waals surface area contributed by atoms with Crippen LogP contribution in [0.15, 0.2) is 66.7 Å². The molecule has 0 bridgehead atoms. The molecule has 1 spiro atoms. The number of halogens is 1. The predicted molar refractivity (Wildman–Crippen MR) is 231 cm³/mol. The Morgan fingerprint density at radius 1 is 0.845 bits per heavy atom. The zero-order chi connectivity index (χ0) is 40.4. The fourth-order valence-electron chi connectivity index (χ4n) is 10.2. The molecular formula is C46H57ClN8O3. The van der Waals surface area contributed by atoms with E-state index in [-0.39, 0.29) is 23.1 Å². The Hall–Kier alpha value is -4.79. The second-order valence-electron chi connectivity index (χ2n) is 17.6. The van der Waals surface area contributed by atoms with Crippen molar-refractivity contribution in [1.29, 1.82) is 5.26 Å². The third kappa shape index (κ3) is 8.79. The lowest BCUT2D eigenvalue weighted by Gasteiger charge is -2.42. The van der Waals surface area contributed by atoms with E-state index in [1.807, 2.05) is 47.4 Å². The van der Waals surface area contributed by atoms with Crippen molar-refractivity contribution < 1.29 is 14.4 Å². The van der Waals surface area contributed by atoms with Gasteiger partial charge in [0.25, 0.3) is 5.91 Å². The minimum Gasteiger partial charge on any atom is -0.374 e. The van der Waals surface area contributed by atoms with Gasteiger partial charge in [0.15, 0.2) is 0 Å². The van der Waals surface area contributed by atoms with Crippen molar-refractivity contribution in [3.05, 3.63) is 82.9 Å². The number of carbonyl (C=O) groups is 3. The lowest BCUT2D eigenvalue weighted by molar-refractivity contribution is -0.133. The molecule has 0 radical (unpaired) electrons. The Morgan fingerprint density at radius 2 is 1.60 bits per heavy atom. The van der Waals surface area contributed by atoms with Gasteiger partial charge in [-0.15, -0.1) is 0 Å². The van der Waals surface area contributed by atoms with Crippen molar-refractivity contribution in [3.63, 3.8) is 0 Å². The molecule has 12 heteroatoms. The Bertz CT molecular complexity index is 2020. The number of likely N-dealkylation sites (tertiary alicyclic amines) is 1. The number of carbonyl (C=O) groups excluding carboxylic acids is 3. The van der Waals surface area contributed by atoms with Crippen LogP contribution in [0, 0.1) is 22.7 Å². The molecule has 11 nitrogen and oxygen atoms in total. The Labute approximate surface area is 348 Å². The summed E-state index contributed by atoms with van der Waals surface area (Å²) in [4.78, 5) is 49.8. The van der Waals surface area contributed by atoms with Crippen molar-refractivity contribution in [1.82, 2.24) is 15.1 Å². The normalized spacial score (nSPS) is 24.6. The number of imide groups is 1. The zero-order valence-corrected chi connectivity index (χ0v) is 34.7. The van der Waals surface area contributed by atoms with Crippen LogP contribution in [0.4, 0.5) is 22.7 Å². The molecule has 3 amide bonds. The van der Waals surface area contributed by atoms with Crippen LogP contribution in [0.5, 0.6) is 0 Å². The summed E-state index contributed by atoms with van der Waals surface area (Å²) in [6.07, 6.45) is 7.34. The van der Waals surface area contributed by atoms with Gasteiger partial charge in [0.2, 0.25) is 11.8 Å². The quantitative estimate of drug-likeness (QED) is 0.250. The van der Waals surface area contributed by atoms with Gasteiger partial charge in [-0.25, -0.2) is 0 Å². The molecule has 5 heterocycles. The van der Waals surface area contributed by atoms with E-state index in [0.29, 0.717) is 41.4 Å². The van der Waals surface area contributed by atoms with Gasteiger partial charge in [-0.05, 0) is 130 Å². The molecule has 2 N–H and O–H groups in total. The molecule has 5 fully saturated rings. The molecular weight excluding hydrogens is 748 g/mol. The second-order valence-corrected chi connectivity index (χ2v) is 18.0. The van der Waals surface area contributed by atoms with E-state index in [2.05, 4.69) is 74.4 Å². The molecule has 3 aromatic rings. The molecule has 0 aromatic heterocycles. The molecule has 5 aliphatic heterocycles. The van der Waals surface area contributed by atoms with E-state index in [9.17, 15) is 19.6 Å². The standard InChI is InChI=1S/C46H57ClN8O3/c1-32-14-19-51(24-25-54(30-32)39-5-3-4-36(26-39)49-42-12-13-43(56)50-44(42)57)38-15-20-53(21-16-38)45(58)34-6-9-37(10-7-34)52-22-17-46(18-23-52)28-33(2)55(31-46)40-11-8-35(29-48)41(47)27-40/h3-11,26-27,32-33,38,42,49H,12-25,28,30-31H2,1-2H3,(H,50,56,57)/t32?,33-,42-/m0/s1. The van der Waals surface area contributed by atoms with Gasteiger partial charge in [0.1, 0.15) is 12.1 Å². The number of hydrogen-bond acceptors (Lipinski definition) is 9. The first kappa shape index (κ1) is 40.0. The van der Waals surface area contributed by atoms with Gasteiger partial charge in [0.05, 0.1) is 10.6 Å². The van der Waals surface area contributed by atoms with Crippen LogP contribution >= 0.6 is 11.6 Å². The van der Waals surface area contributed by atoms with Gasteiger partial charge < -0.3 is 24.9 Å². The van der Waals surface area contributed by atoms with Gasteiger partial charge in [0, 0.05) is 99.2 Å². The highest BCUT2D eigenvalue weighted by Gasteiger charge is 2.44. The number of nitrogens with zero attached hydrogens (tertiary/aromatic N) is 6. The topological polar surface area (TPSA) is 115 Å². The van der Waals surface area contributed by atoms with Gasteiger partial charge in [-0.1, -0.05) is 24.6 Å². The second kappa shape index (κ2) is 17.2. The van der Waals surface area contributed by atoms with E-state index in [0.717, 1.165) is 120 Å². The molecule has 58 heavy (non-hydrogen) atoms. The van der Waals surface area contributed by atoms with Crippen molar-refractivity contribution >= 4 is 52.1 Å². The number of nitrogens with one attached hydrogen (secondary N) is 2. The number of anilines is 4. The van der Waals surface area contributed by atoms with E-state index >= 15 is 0 Å². The Kier molecular flexibility index (Phi) is 11.9. The first-order chi connectivity index (χ1) is 28.1. The largest absolute Gasteiger partial charge is 0.374 e. The molecule has 1 unspecified atom stereocenters. The Morgan fingerprint density at radius 3 is 2.33 bits per heavy atom. The maximum Gasteiger partial charge on any atom is 0.253 e. The van der Waals surface area contributed by atoms with E-state index < -0.39 is 6.04 Å². The molecule has 3 atom stereocenters. The number of piperidine rings is 3. The maximum atomic E-state index is 13.7. The smallest absolute Gasteiger partial charge is 0.253 e. The summed E-state index contributed by atoms with van der Waals surface area (Å²) in [5.41, 5.74) is 5.87. The van der Waals surface area contributed by atoms with Crippen LogP contribution in [0.1, 0.15) is 81.1 Å². The number of hydrogen-bond donors (Lipinski definition) is 2. The van der Waals surface area contributed by atoms with Crippen molar-refractivity contribution in [2.45, 2.75) is 83.3 Å². The van der Waals surface area contributed by atoms with E-state index in [1.165, 1.54) is 5.69 Å². The minimum absolute atomic E-state index is 0.129. The third-order valence-electron chi connectivity index (χ3n) is 13.6. The number of benzene rings is 3. The molecule has 5 aliphatic rings. The summed E-state index contributed by atoms with van der Waals surface area (Å²) in [5, 5.41) is 15.6. The average Bonchev–Trinajstić information content (AvgIpc) is 3.55. The highest BCUT2D eigenvalue weighted by Crippen LogP contribution is 2.46. The molecule has 3 aromatic carbocycles. The van der Waals surface area contributed by atoms with Crippen LogP contribution in [0.3, 0.4) is 0 Å². The average molecular weight is 805 g/mol. The van der Waals surface area contributed by atoms with E-state index in [4.69, 9.17) is 11.6 Å². The molecule has 0 aliphatic carbocycles. The molecule has 0 saturated carbocycles. The summed E-state index contributed by atoms with van der Waals surface area (Å²) in [6, 6.07) is 25.0. The first-order valence-corrected chi connectivity index (χ1v) is 21.7. The van der Waals surface area contributed by atoms with Crippen molar-refractivity contribution in [3.8, 4) is 6.07 Å². The highest BCUT2D eigenvalue weighted by atomic mass is 35.5. The first-order valence-electron chi connectivity index (χ1n) is 21.4. The maximum absolute atomic E-state index is 13.7. The SMILES string of the molecule is CC1CCN(C2CCN(C(=O)c3ccc(N4CCC5(CC4)C[C@H](C)N(c4ccc(C#N)c(Cl)c4)C5)cc3)CC2)CCN(c2cccc(N[C@H]3CCC(=O)NC3=O)c2)C1. The lowest BCUT2D eigenvalue weighted by atomic mass is 9.76. The van der Waals surface area contributed by atoms with Gasteiger partial charge in [-0.3, -0.25) is 24.6 Å². The van der Waals surface area contributed by atoms with Crippen LogP contribution in [-0.4, -0.2) is 105 Å². The molecule has 8 rings (SSSR count). The predicted octanol–water partition coefficient (Wildman–Crippen LogP) is 6.77. The fraction of sp³-hybridized carbons (Fsp3) is 0.522. The Balaban J connectivity index is 0.811. The molecule has 306 valence electrons. The van der Waals surface area contributed by atoms with Crippen LogP contribution in [0.2, 0.25) is 5.02 Å². The zero-order valence-electron chi connectivity index (χ0n) is 34.0. The summed E-state index contributed by atoms with van der Waals surface area (Å²) in [7, 11) is 0. The third-order valence-corrected chi connectivity index (χ3v) is 13.9. The summed E-state index contributed by atoms with van der Waals surface area (Å²) in [6.45, 7) is 13.1. The van der Waals surface area contributed by atoms with Crippen LogP contribution in [-0.2, 0) is 9.59 Å².